The minimum Gasteiger partial charge on any atom is -0.492 e. The second kappa shape index (κ2) is 8.24. The highest BCUT2D eigenvalue weighted by Gasteiger charge is 2.62. The van der Waals surface area contributed by atoms with Crippen molar-refractivity contribution in [2.75, 3.05) is 20.4 Å². The van der Waals surface area contributed by atoms with Crippen LogP contribution in [0.4, 0.5) is 13.2 Å². The number of carboxylic acid groups (broad SMARTS) is 1. The third-order valence-electron chi connectivity index (χ3n) is 6.77. The molecule has 2 N–H and O–H groups in total. The number of halogens is 3. The van der Waals surface area contributed by atoms with Crippen molar-refractivity contribution in [1.29, 1.82) is 0 Å². The van der Waals surface area contributed by atoms with Crippen LogP contribution in [0.2, 0.25) is 0 Å². The van der Waals surface area contributed by atoms with Crippen LogP contribution in [-0.4, -0.2) is 71.9 Å². The fourth-order valence-corrected chi connectivity index (χ4v) is 5.63. The first kappa shape index (κ1) is 23.4. The Morgan fingerprint density at radius 3 is 2.58 bits per heavy atom. The van der Waals surface area contributed by atoms with Gasteiger partial charge in [-0.15, -0.1) is 0 Å². The number of alkyl halides is 3. The lowest BCUT2D eigenvalue weighted by Crippen LogP contribution is -2.61. The van der Waals surface area contributed by atoms with Crippen LogP contribution < -0.4 is 14.2 Å². The summed E-state index contributed by atoms with van der Waals surface area (Å²) < 4.78 is 54.4. The Morgan fingerprint density at radius 2 is 1.97 bits per heavy atom. The van der Waals surface area contributed by atoms with E-state index in [9.17, 15) is 23.1 Å². The number of rotatable bonds is 2. The summed E-state index contributed by atoms with van der Waals surface area (Å²) in [6, 6.07) is 2.26. The second-order valence-corrected chi connectivity index (χ2v) is 8.42. The van der Waals surface area contributed by atoms with Crippen molar-refractivity contribution < 1.29 is 51.9 Å². The normalized spacial score (nSPS) is 31.0. The van der Waals surface area contributed by atoms with E-state index in [1.165, 1.54) is 6.92 Å². The van der Waals surface area contributed by atoms with E-state index in [1.807, 2.05) is 6.07 Å². The van der Waals surface area contributed by atoms with Crippen molar-refractivity contribution in [3.63, 3.8) is 0 Å². The number of hydrogen-bond donors (Lipinski definition) is 2. The Hall–Kier alpha value is -2.73. The quantitative estimate of drug-likeness (QED) is 0.620. The summed E-state index contributed by atoms with van der Waals surface area (Å²) >= 11 is 0. The molecule has 0 radical (unpaired) electrons. The molecule has 2 fully saturated rings. The molecule has 4 aliphatic rings. The molecule has 2 bridgehead atoms. The average molecular weight is 475 g/mol. The third-order valence-corrected chi connectivity index (χ3v) is 6.77. The number of aliphatic hydroxyl groups excluding tert-OH is 1. The molecular weight excluding hydrogens is 451 g/mol. The van der Waals surface area contributed by atoms with Crippen LogP contribution in [0.5, 0.6) is 17.2 Å². The van der Waals surface area contributed by atoms with Crippen molar-refractivity contribution >= 4 is 11.9 Å². The zero-order valence-corrected chi connectivity index (χ0v) is 18.0. The molecule has 33 heavy (non-hydrogen) atoms. The summed E-state index contributed by atoms with van der Waals surface area (Å²) in [5.74, 6) is -1.12. The number of nitrogens with zero attached hydrogens (tertiary/aromatic N) is 1. The molecule has 5 atom stereocenters. The molecule has 5 rings (SSSR count). The number of benzene rings is 1. The van der Waals surface area contributed by atoms with Crippen molar-refractivity contribution in [1.82, 2.24) is 4.90 Å². The van der Waals surface area contributed by atoms with Gasteiger partial charge in [0.1, 0.15) is 6.10 Å². The molecule has 3 aliphatic heterocycles. The van der Waals surface area contributed by atoms with Gasteiger partial charge in [-0.2, -0.15) is 13.2 Å². The SMILES string of the molecule is COc1c2c(cc3c1OCO3)[C@@]13CCN(C2)[C@H]1CC[C@H](O)[C@@H]3OC(C)=O.O=C(O)C(F)(F)F. The summed E-state index contributed by atoms with van der Waals surface area (Å²) in [5, 5.41) is 17.9. The molecule has 182 valence electrons. The predicted octanol–water partition coefficient (Wildman–Crippen LogP) is 1.97. The van der Waals surface area contributed by atoms with E-state index in [1.54, 1.807) is 7.11 Å². The molecule has 1 aromatic carbocycles. The molecule has 1 unspecified atom stereocenters. The van der Waals surface area contributed by atoms with E-state index >= 15 is 0 Å². The largest absolute Gasteiger partial charge is 0.492 e. The lowest BCUT2D eigenvalue weighted by Gasteiger charge is -2.52. The van der Waals surface area contributed by atoms with Crippen molar-refractivity contribution in [2.24, 2.45) is 0 Å². The molecule has 0 aromatic heterocycles. The topological polar surface area (TPSA) is 115 Å². The highest BCUT2D eigenvalue weighted by atomic mass is 19.4. The summed E-state index contributed by atoms with van der Waals surface area (Å²) in [6.07, 6.45) is -3.96. The molecule has 1 saturated heterocycles. The fourth-order valence-electron chi connectivity index (χ4n) is 5.63. The number of carbonyl (C=O) groups excluding carboxylic acids is 1. The average Bonchev–Trinajstić information content (AvgIpc) is 3.30. The summed E-state index contributed by atoms with van der Waals surface area (Å²) in [6.45, 7) is 3.25. The van der Waals surface area contributed by atoms with E-state index in [0.717, 1.165) is 37.1 Å². The van der Waals surface area contributed by atoms with Gasteiger partial charge in [-0.25, -0.2) is 4.79 Å². The number of aliphatic carboxylic acids is 1. The van der Waals surface area contributed by atoms with Crippen LogP contribution in [0.25, 0.3) is 0 Å². The van der Waals surface area contributed by atoms with Gasteiger partial charge in [0.2, 0.25) is 12.5 Å². The monoisotopic (exact) mass is 475 g/mol. The van der Waals surface area contributed by atoms with Crippen molar-refractivity contribution in [3.05, 3.63) is 17.2 Å². The van der Waals surface area contributed by atoms with Gasteiger partial charge < -0.3 is 29.2 Å². The molecule has 9 nitrogen and oxygen atoms in total. The van der Waals surface area contributed by atoms with Crippen LogP contribution in [0.15, 0.2) is 6.07 Å². The lowest BCUT2D eigenvalue weighted by molar-refractivity contribution is -0.192. The fraction of sp³-hybridized carbons (Fsp3) is 0.619. The summed E-state index contributed by atoms with van der Waals surface area (Å²) in [5.41, 5.74) is 1.68. The Balaban J connectivity index is 0.000000325. The minimum absolute atomic E-state index is 0.171. The zero-order chi connectivity index (χ0) is 24.1. The number of aliphatic hydroxyl groups is 1. The van der Waals surface area contributed by atoms with Gasteiger partial charge in [0.25, 0.3) is 0 Å². The summed E-state index contributed by atoms with van der Waals surface area (Å²) in [7, 11) is 1.64. The van der Waals surface area contributed by atoms with Gasteiger partial charge >= 0.3 is 18.1 Å². The molecule has 12 heteroatoms. The van der Waals surface area contributed by atoms with E-state index in [0.29, 0.717) is 23.7 Å². The second-order valence-electron chi connectivity index (χ2n) is 8.42. The maximum absolute atomic E-state index is 11.8. The highest BCUT2D eigenvalue weighted by molar-refractivity contribution is 5.73. The molecule has 0 spiro atoms. The van der Waals surface area contributed by atoms with Crippen LogP contribution in [0, 0.1) is 0 Å². The number of fused-ring (bicyclic) bond motifs is 2. The first-order chi connectivity index (χ1) is 15.5. The molecular formula is C21H24F3NO8. The molecule has 3 heterocycles. The van der Waals surface area contributed by atoms with E-state index in [4.69, 9.17) is 28.8 Å². The van der Waals surface area contributed by atoms with E-state index in [2.05, 4.69) is 4.90 Å². The minimum atomic E-state index is -5.08. The Morgan fingerprint density at radius 1 is 1.27 bits per heavy atom. The Labute approximate surface area is 187 Å². The van der Waals surface area contributed by atoms with Gasteiger partial charge in [-0.1, -0.05) is 0 Å². The van der Waals surface area contributed by atoms with Crippen molar-refractivity contribution in [2.45, 2.75) is 62.6 Å². The number of carboxylic acids is 1. The van der Waals surface area contributed by atoms with Gasteiger partial charge in [0.05, 0.1) is 18.6 Å². The van der Waals surface area contributed by atoms with Crippen LogP contribution in [-0.2, 0) is 26.3 Å². The molecule has 0 amide bonds. The smallest absolute Gasteiger partial charge is 0.490 e. The van der Waals surface area contributed by atoms with Gasteiger partial charge in [0.15, 0.2) is 11.5 Å². The molecule has 1 saturated carbocycles. The van der Waals surface area contributed by atoms with Gasteiger partial charge in [-0.05, 0) is 37.4 Å². The van der Waals surface area contributed by atoms with Crippen LogP contribution >= 0.6 is 0 Å². The Kier molecular flexibility index (Phi) is 5.85. The molecule has 1 aliphatic carbocycles. The lowest BCUT2D eigenvalue weighted by atomic mass is 9.61. The highest BCUT2D eigenvalue weighted by Crippen LogP contribution is 2.59. The number of carbonyl (C=O) groups is 2. The van der Waals surface area contributed by atoms with Gasteiger partial charge in [-0.3, -0.25) is 9.69 Å². The number of hydrogen-bond acceptors (Lipinski definition) is 8. The Bertz CT molecular complexity index is 968. The maximum Gasteiger partial charge on any atom is 0.490 e. The predicted molar refractivity (Wildman–Crippen MR) is 104 cm³/mol. The first-order valence-electron chi connectivity index (χ1n) is 10.4. The maximum atomic E-state index is 11.8. The number of ether oxygens (including phenoxy) is 4. The van der Waals surface area contributed by atoms with Crippen molar-refractivity contribution in [3.8, 4) is 17.2 Å². The number of esters is 1. The summed E-state index contributed by atoms with van der Waals surface area (Å²) in [4.78, 5) is 23.1. The molecule has 1 aromatic rings. The van der Waals surface area contributed by atoms with E-state index in [-0.39, 0.29) is 18.8 Å². The van der Waals surface area contributed by atoms with Gasteiger partial charge in [0, 0.05) is 25.1 Å². The number of methoxy groups -OCH3 is 1. The first-order valence-corrected chi connectivity index (χ1v) is 10.4. The standard InChI is InChI=1S/C19H23NO6.C2HF3O2/c1-10(21)26-18-13(22)3-4-15-19(18)5-6-20(15)8-11-12(19)7-14-17(16(11)23-2)25-9-24-14;3-2(4,5)1(6)7/h7,13,15,18,22H,3-6,8-9H2,1-2H3;(H,6,7)/t13-,15-,18-,19-;/m0./s1. The van der Waals surface area contributed by atoms with Crippen LogP contribution in [0.3, 0.4) is 0 Å². The van der Waals surface area contributed by atoms with Crippen LogP contribution in [0.1, 0.15) is 37.3 Å². The third kappa shape index (κ3) is 3.74. The zero-order valence-electron chi connectivity index (χ0n) is 18.0. The van der Waals surface area contributed by atoms with E-state index < -0.39 is 29.8 Å².